The van der Waals surface area contributed by atoms with Crippen LogP contribution in [0, 0.1) is 6.92 Å². The second-order valence-corrected chi connectivity index (χ2v) is 5.08. The molecule has 0 aliphatic carbocycles. The molecule has 0 spiro atoms. The number of carbonyl (C=O) groups is 1. The molecule has 3 nitrogen and oxygen atoms in total. The Hall–Kier alpha value is -0.900. The van der Waals surface area contributed by atoms with E-state index >= 15 is 0 Å². The highest BCUT2D eigenvalue weighted by Gasteiger charge is 2.05. The van der Waals surface area contributed by atoms with E-state index in [0.29, 0.717) is 16.9 Å². The van der Waals surface area contributed by atoms with Crippen molar-refractivity contribution in [1.82, 2.24) is 10.3 Å². The van der Waals surface area contributed by atoms with Gasteiger partial charge in [0.05, 0.1) is 5.56 Å². The minimum absolute atomic E-state index is 0.0596. The predicted molar refractivity (Wildman–Crippen MR) is 64.3 cm³/mol. The van der Waals surface area contributed by atoms with E-state index in [0.717, 1.165) is 12.1 Å². The van der Waals surface area contributed by atoms with Gasteiger partial charge in [0, 0.05) is 23.3 Å². The number of hydrogen-bond acceptors (Lipinski definition) is 2. The van der Waals surface area contributed by atoms with E-state index in [1.807, 2.05) is 13.0 Å². The number of aromatic nitrogens is 1. The first-order chi connectivity index (χ1) is 7.09. The van der Waals surface area contributed by atoms with E-state index in [-0.39, 0.29) is 5.91 Å². The smallest absolute Gasteiger partial charge is 0.252 e. The standard InChI is InChI=1S/C11H15BrN2O/c1-8(12)5-6-13-11(15)10-4-3-9(2)14-7-10/h3-4,7-8H,5-6H2,1-2H3,(H,13,15). The highest BCUT2D eigenvalue weighted by atomic mass is 79.9. The van der Waals surface area contributed by atoms with Crippen molar-refractivity contribution in [2.24, 2.45) is 0 Å². The van der Waals surface area contributed by atoms with Gasteiger partial charge in [-0.15, -0.1) is 0 Å². The summed E-state index contributed by atoms with van der Waals surface area (Å²) in [5.41, 5.74) is 1.53. The molecule has 1 amide bonds. The number of hydrogen-bond donors (Lipinski definition) is 1. The molecule has 1 heterocycles. The zero-order chi connectivity index (χ0) is 11.3. The van der Waals surface area contributed by atoms with Crippen LogP contribution in [-0.2, 0) is 0 Å². The predicted octanol–water partition coefficient (Wildman–Crippen LogP) is 2.29. The fourth-order valence-corrected chi connectivity index (χ4v) is 1.32. The van der Waals surface area contributed by atoms with Crippen molar-refractivity contribution in [2.75, 3.05) is 6.54 Å². The van der Waals surface area contributed by atoms with Gasteiger partial charge >= 0.3 is 0 Å². The van der Waals surface area contributed by atoms with Crippen LogP contribution in [-0.4, -0.2) is 22.3 Å². The van der Waals surface area contributed by atoms with E-state index in [9.17, 15) is 4.79 Å². The van der Waals surface area contributed by atoms with Gasteiger partial charge in [-0.3, -0.25) is 9.78 Å². The summed E-state index contributed by atoms with van der Waals surface area (Å²) in [6.07, 6.45) is 2.52. The quantitative estimate of drug-likeness (QED) is 0.854. The molecule has 0 saturated carbocycles. The van der Waals surface area contributed by atoms with Crippen LogP contribution < -0.4 is 5.32 Å². The topological polar surface area (TPSA) is 42.0 Å². The molecule has 0 radical (unpaired) electrons. The summed E-state index contributed by atoms with van der Waals surface area (Å²) in [6.45, 7) is 4.63. The second-order valence-electron chi connectivity index (χ2n) is 3.51. The molecule has 0 bridgehead atoms. The van der Waals surface area contributed by atoms with Crippen LogP contribution in [0.2, 0.25) is 0 Å². The van der Waals surface area contributed by atoms with Crippen LogP contribution in [0.25, 0.3) is 0 Å². The van der Waals surface area contributed by atoms with Gasteiger partial charge in [0.2, 0.25) is 0 Å². The van der Waals surface area contributed by atoms with Crippen LogP contribution >= 0.6 is 15.9 Å². The van der Waals surface area contributed by atoms with E-state index in [2.05, 4.69) is 33.2 Å². The molecular formula is C11H15BrN2O. The molecular weight excluding hydrogens is 256 g/mol. The molecule has 15 heavy (non-hydrogen) atoms. The molecule has 82 valence electrons. The van der Waals surface area contributed by atoms with Gasteiger partial charge in [0.25, 0.3) is 5.91 Å². The van der Waals surface area contributed by atoms with E-state index < -0.39 is 0 Å². The summed E-state index contributed by atoms with van der Waals surface area (Å²) in [6, 6.07) is 3.62. The van der Waals surface area contributed by atoms with Crippen molar-refractivity contribution in [3.8, 4) is 0 Å². The Labute approximate surface area is 98.4 Å². The monoisotopic (exact) mass is 270 g/mol. The fourth-order valence-electron chi connectivity index (χ4n) is 1.09. The summed E-state index contributed by atoms with van der Waals surface area (Å²) >= 11 is 3.43. The Morgan fingerprint density at radius 1 is 1.60 bits per heavy atom. The summed E-state index contributed by atoms with van der Waals surface area (Å²) < 4.78 is 0. The van der Waals surface area contributed by atoms with Crippen LogP contribution in [0.5, 0.6) is 0 Å². The molecule has 0 aromatic carbocycles. The maximum absolute atomic E-state index is 11.6. The number of nitrogens with one attached hydrogen (secondary N) is 1. The minimum atomic E-state index is -0.0596. The van der Waals surface area contributed by atoms with Gasteiger partial charge in [0.1, 0.15) is 0 Å². The zero-order valence-electron chi connectivity index (χ0n) is 8.96. The minimum Gasteiger partial charge on any atom is -0.352 e. The summed E-state index contributed by atoms with van der Waals surface area (Å²) in [7, 11) is 0. The van der Waals surface area contributed by atoms with Crippen molar-refractivity contribution >= 4 is 21.8 Å². The molecule has 1 N–H and O–H groups in total. The van der Waals surface area contributed by atoms with Crippen molar-refractivity contribution < 1.29 is 4.79 Å². The maximum atomic E-state index is 11.6. The van der Waals surface area contributed by atoms with Crippen molar-refractivity contribution in [1.29, 1.82) is 0 Å². The van der Waals surface area contributed by atoms with Crippen LogP contribution in [0.1, 0.15) is 29.4 Å². The molecule has 0 saturated heterocycles. The maximum Gasteiger partial charge on any atom is 0.252 e. The molecule has 0 aliphatic heterocycles. The average molecular weight is 271 g/mol. The van der Waals surface area contributed by atoms with Gasteiger partial charge in [-0.1, -0.05) is 22.9 Å². The summed E-state index contributed by atoms with van der Waals surface area (Å²) in [4.78, 5) is 16.1. The average Bonchev–Trinajstić information content (AvgIpc) is 2.18. The van der Waals surface area contributed by atoms with E-state index in [1.165, 1.54) is 0 Å². The molecule has 0 aliphatic rings. The highest BCUT2D eigenvalue weighted by molar-refractivity contribution is 9.09. The van der Waals surface area contributed by atoms with Crippen LogP contribution in [0.3, 0.4) is 0 Å². The van der Waals surface area contributed by atoms with Crippen molar-refractivity contribution in [2.45, 2.75) is 25.1 Å². The van der Waals surface area contributed by atoms with Crippen molar-refractivity contribution in [3.63, 3.8) is 0 Å². The first-order valence-electron chi connectivity index (χ1n) is 4.94. The molecule has 4 heteroatoms. The number of carbonyl (C=O) groups excluding carboxylic acids is 1. The largest absolute Gasteiger partial charge is 0.352 e. The first-order valence-corrected chi connectivity index (χ1v) is 5.86. The Morgan fingerprint density at radius 2 is 2.33 bits per heavy atom. The van der Waals surface area contributed by atoms with E-state index in [1.54, 1.807) is 12.3 Å². The number of halogens is 1. The molecule has 1 unspecified atom stereocenters. The molecule has 1 aromatic heterocycles. The highest BCUT2D eigenvalue weighted by Crippen LogP contribution is 2.02. The number of pyridine rings is 1. The number of amides is 1. The third kappa shape index (κ3) is 4.42. The number of rotatable bonds is 4. The van der Waals surface area contributed by atoms with Gasteiger partial charge in [-0.05, 0) is 25.5 Å². The zero-order valence-corrected chi connectivity index (χ0v) is 10.5. The first kappa shape index (κ1) is 12.2. The van der Waals surface area contributed by atoms with Gasteiger partial charge < -0.3 is 5.32 Å². The lowest BCUT2D eigenvalue weighted by molar-refractivity contribution is 0.0953. The third-order valence-corrected chi connectivity index (χ3v) is 2.46. The third-order valence-electron chi connectivity index (χ3n) is 2.00. The fraction of sp³-hybridized carbons (Fsp3) is 0.455. The molecule has 1 rings (SSSR count). The van der Waals surface area contributed by atoms with Crippen LogP contribution in [0.15, 0.2) is 18.3 Å². The molecule has 1 atom stereocenters. The Kier molecular flexibility index (Phi) is 4.75. The molecule has 1 aromatic rings. The van der Waals surface area contributed by atoms with Gasteiger partial charge in [0.15, 0.2) is 0 Å². The van der Waals surface area contributed by atoms with E-state index in [4.69, 9.17) is 0 Å². The normalized spacial score (nSPS) is 12.2. The number of nitrogens with zero attached hydrogens (tertiary/aromatic N) is 1. The lowest BCUT2D eigenvalue weighted by Gasteiger charge is -2.06. The lowest BCUT2D eigenvalue weighted by Crippen LogP contribution is -2.25. The van der Waals surface area contributed by atoms with Gasteiger partial charge in [-0.25, -0.2) is 0 Å². The second kappa shape index (κ2) is 5.85. The Bertz CT molecular complexity index is 322. The van der Waals surface area contributed by atoms with Crippen molar-refractivity contribution in [3.05, 3.63) is 29.6 Å². The summed E-state index contributed by atoms with van der Waals surface area (Å²) in [5, 5.41) is 2.84. The van der Waals surface area contributed by atoms with Gasteiger partial charge in [-0.2, -0.15) is 0 Å². The molecule has 0 fully saturated rings. The number of alkyl halides is 1. The van der Waals surface area contributed by atoms with Crippen LogP contribution in [0.4, 0.5) is 0 Å². The number of aryl methyl sites for hydroxylation is 1. The SMILES string of the molecule is Cc1ccc(C(=O)NCCC(C)Br)cn1. The lowest BCUT2D eigenvalue weighted by atomic mass is 10.2. The summed E-state index contributed by atoms with van der Waals surface area (Å²) in [5.74, 6) is -0.0596. The Morgan fingerprint density at radius 3 is 2.87 bits per heavy atom. The Balaban J connectivity index is 2.43.